The number of hydrogen-bond acceptors (Lipinski definition) is 2. The lowest BCUT2D eigenvalue weighted by atomic mass is 10.3. The summed E-state index contributed by atoms with van der Waals surface area (Å²) in [6, 6.07) is 0. The molecule has 0 aromatic carbocycles. The highest BCUT2D eigenvalue weighted by Gasteiger charge is 2.03. The largest absolute Gasteiger partial charge is 0.357 e. The minimum Gasteiger partial charge on any atom is -0.357 e. The fraction of sp³-hybridized carbons (Fsp3) is 0.692. The number of hydrogen-bond donors (Lipinski definition) is 1. The summed E-state index contributed by atoms with van der Waals surface area (Å²) < 4.78 is 2.04. The molecule has 0 aliphatic carbocycles. The van der Waals surface area contributed by atoms with Gasteiger partial charge < -0.3 is 14.8 Å². The predicted molar refractivity (Wildman–Crippen MR) is 75.7 cm³/mol. The van der Waals surface area contributed by atoms with Crippen LogP contribution >= 0.6 is 0 Å². The maximum absolute atomic E-state index is 4.62. The molecule has 1 heterocycles. The van der Waals surface area contributed by atoms with Crippen molar-refractivity contribution in [3.63, 3.8) is 0 Å². The third-order valence-corrected chi connectivity index (χ3v) is 2.72. The number of unbranched alkanes of at least 4 members (excludes halogenated alkanes) is 1. The summed E-state index contributed by atoms with van der Waals surface area (Å²) in [6.45, 7) is 7.90. The van der Waals surface area contributed by atoms with Crippen LogP contribution in [0.3, 0.4) is 0 Å². The van der Waals surface area contributed by atoms with E-state index in [-0.39, 0.29) is 0 Å². The van der Waals surface area contributed by atoms with Crippen molar-refractivity contribution in [1.29, 1.82) is 0 Å². The molecule has 0 bridgehead atoms. The smallest absolute Gasteiger partial charge is 0.193 e. The van der Waals surface area contributed by atoms with E-state index in [0.29, 0.717) is 0 Å². The zero-order chi connectivity index (χ0) is 13.2. The number of imidazole rings is 1. The zero-order valence-electron chi connectivity index (χ0n) is 11.8. The molecule has 0 fully saturated rings. The van der Waals surface area contributed by atoms with Crippen LogP contribution in [0.15, 0.2) is 23.7 Å². The third kappa shape index (κ3) is 5.21. The van der Waals surface area contributed by atoms with Crippen LogP contribution in [0.1, 0.15) is 26.7 Å². The van der Waals surface area contributed by atoms with Crippen LogP contribution in [-0.4, -0.2) is 47.1 Å². The summed E-state index contributed by atoms with van der Waals surface area (Å²) in [5.41, 5.74) is 0. The van der Waals surface area contributed by atoms with Gasteiger partial charge in [-0.2, -0.15) is 0 Å². The zero-order valence-corrected chi connectivity index (χ0v) is 11.8. The Hall–Kier alpha value is -1.52. The minimum atomic E-state index is 0.773. The van der Waals surface area contributed by atoms with Gasteiger partial charge in [-0.3, -0.25) is 4.99 Å². The van der Waals surface area contributed by atoms with Gasteiger partial charge in [0.2, 0.25) is 0 Å². The minimum absolute atomic E-state index is 0.773. The van der Waals surface area contributed by atoms with Gasteiger partial charge in [-0.1, -0.05) is 13.3 Å². The van der Waals surface area contributed by atoms with Crippen LogP contribution < -0.4 is 5.32 Å². The molecule has 102 valence electrons. The molecule has 0 atom stereocenters. The van der Waals surface area contributed by atoms with Crippen molar-refractivity contribution in [2.75, 3.05) is 26.7 Å². The van der Waals surface area contributed by atoms with Crippen molar-refractivity contribution in [2.24, 2.45) is 4.99 Å². The Kier molecular flexibility index (Phi) is 6.91. The summed E-state index contributed by atoms with van der Waals surface area (Å²) in [7, 11) is 2.09. The summed E-state index contributed by atoms with van der Waals surface area (Å²) in [5.74, 6) is 0.992. The molecule has 0 radical (unpaired) electrons. The van der Waals surface area contributed by atoms with Crippen LogP contribution in [0.5, 0.6) is 0 Å². The van der Waals surface area contributed by atoms with Crippen molar-refractivity contribution in [1.82, 2.24) is 19.8 Å². The van der Waals surface area contributed by atoms with Crippen LogP contribution in [0.25, 0.3) is 0 Å². The second-order valence-corrected chi connectivity index (χ2v) is 4.31. The van der Waals surface area contributed by atoms with Gasteiger partial charge in [-0.25, -0.2) is 4.98 Å². The summed E-state index contributed by atoms with van der Waals surface area (Å²) in [4.78, 5) is 10.8. The summed E-state index contributed by atoms with van der Waals surface area (Å²) >= 11 is 0. The van der Waals surface area contributed by atoms with Crippen LogP contribution in [0, 0.1) is 0 Å². The highest BCUT2D eigenvalue weighted by molar-refractivity contribution is 5.79. The molecule has 0 aliphatic heterocycles. The molecule has 5 nitrogen and oxygen atoms in total. The number of nitrogens with one attached hydrogen (secondary N) is 1. The van der Waals surface area contributed by atoms with Gasteiger partial charge in [-0.15, -0.1) is 0 Å². The molecule has 0 saturated carbocycles. The van der Waals surface area contributed by atoms with Gasteiger partial charge in [0.05, 0.1) is 12.9 Å². The van der Waals surface area contributed by atoms with Crippen molar-refractivity contribution >= 4 is 5.96 Å². The van der Waals surface area contributed by atoms with E-state index in [1.165, 1.54) is 12.8 Å². The van der Waals surface area contributed by atoms with Crippen molar-refractivity contribution in [3.05, 3.63) is 18.7 Å². The van der Waals surface area contributed by atoms with E-state index in [4.69, 9.17) is 0 Å². The Balaban J connectivity index is 2.43. The normalized spacial score (nSPS) is 11.6. The van der Waals surface area contributed by atoms with Gasteiger partial charge in [0.15, 0.2) is 5.96 Å². The second-order valence-electron chi connectivity index (χ2n) is 4.31. The Morgan fingerprint density at radius 2 is 2.28 bits per heavy atom. The molecule has 0 unspecified atom stereocenters. The second kappa shape index (κ2) is 8.55. The molecule has 0 saturated heterocycles. The first-order valence-corrected chi connectivity index (χ1v) is 6.73. The fourth-order valence-electron chi connectivity index (χ4n) is 1.66. The predicted octanol–water partition coefficient (Wildman–Crippen LogP) is 1.58. The van der Waals surface area contributed by atoms with Gasteiger partial charge >= 0.3 is 0 Å². The molecule has 18 heavy (non-hydrogen) atoms. The topological polar surface area (TPSA) is 45.5 Å². The average Bonchev–Trinajstić information content (AvgIpc) is 2.88. The van der Waals surface area contributed by atoms with Gasteiger partial charge in [0, 0.05) is 39.1 Å². The van der Waals surface area contributed by atoms with E-state index in [2.05, 4.69) is 41.1 Å². The maximum atomic E-state index is 4.62. The number of guanidine groups is 1. The third-order valence-electron chi connectivity index (χ3n) is 2.72. The number of nitrogens with zero attached hydrogens (tertiary/aromatic N) is 4. The Morgan fingerprint density at radius 3 is 2.89 bits per heavy atom. The monoisotopic (exact) mass is 251 g/mol. The van der Waals surface area contributed by atoms with E-state index in [0.717, 1.165) is 32.1 Å². The lowest BCUT2D eigenvalue weighted by molar-refractivity contribution is 0.464. The first-order valence-electron chi connectivity index (χ1n) is 6.73. The molecule has 0 aliphatic rings. The van der Waals surface area contributed by atoms with Crippen LogP contribution in [0.2, 0.25) is 0 Å². The SMILES string of the molecule is CCCCN(C)C(=NCCn1ccnc1)NCC. The Bertz CT molecular complexity index is 331. The molecule has 1 aromatic rings. The summed E-state index contributed by atoms with van der Waals surface area (Å²) in [5, 5.41) is 3.32. The van der Waals surface area contributed by atoms with Crippen LogP contribution in [0.4, 0.5) is 0 Å². The molecular formula is C13H25N5. The van der Waals surface area contributed by atoms with Crippen molar-refractivity contribution < 1.29 is 0 Å². The molecule has 1 N–H and O–H groups in total. The van der Waals surface area contributed by atoms with Gasteiger partial charge in [0.25, 0.3) is 0 Å². The van der Waals surface area contributed by atoms with E-state index >= 15 is 0 Å². The molecule has 0 amide bonds. The quantitative estimate of drug-likeness (QED) is 0.591. The fourth-order valence-corrected chi connectivity index (χ4v) is 1.66. The lowest BCUT2D eigenvalue weighted by Gasteiger charge is -2.21. The van der Waals surface area contributed by atoms with Gasteiger partial charge in [-0.05, 0) is 13.3 Å². The molecular weight excluding hydrogens is 226 g/mol. The molecule has 1 rings (SSSR count). The van der Waals surface area contributed by atoms with Gasteiger partial charge in [0.1, 0.15) is 0 Å². The lowest BCUT2D eigenvalue weighted by Crippen LogP contribution is -2.39. The highest BCUT2D eigenvalue weighted by Crippen LogP contribution is 1.94. The van der Waals surface area contributed by atoms with Crippen LogP contribution in [-0.2, 0) is 6.54 Å². The van der Waals surface area contributed by atoms with E-state index in [1.807, 2.05) is 17.1 Å². The van der Waals surface area contributed by atoms with Crippen molar-refractivity contribution in [3.8, 4) is 0 Å². The first kappa shape index (κ1) is 14.5. The molecule has 0 spiro atoms. The van der Waals surface area contributed by atoms with E-state index in [9.17, 15) is 0 Å². The Morgan fingerprint density at radius 1 is 1.44 bits per heavy atom. The molecule has 1 aromatic heterocycles. The van der Waals surface area contributed by atoms with Crippen molar-refractivity contribution in [2.45, 2.75) is 33.2 Å². The standard InChI is InChI=1S/C13H25N5/c1-4-6-9-17(3)13(15-5-2)16-8-11-18-10-7-14-12-18/h7,10,12H,4-6,8-9,11H2,1-3H3,(H,15,16). The number of rotatable bonds is 7. The average molecular weight is 251 g/mol. The highest BCUT2D eigenvalue weighted by atomic mass is 15.3. The molecule has 5 heteroatoms. The van der Waals surface area contributed by atoms with E-state index in [1.54, 1.807) is 6.20 Å². The Labute approximate surface area is 110 Å². The number of aliphatic imine (C=N–C) groups is 1. The maximum Gasteiger partial charge on any atom is 0.193 e. The first-order chi connectivity index (χ1) is 8.77. The number of aromatic nitrogens is 2. The van der Waals surface area contributed by atoms with E-state index < -0.39 is 0 Å². The summed E-state index contributed by atoms with van der Waals surface area (Å²) in [6.07, 6.45) is 7.98.